The van der Waals surface area contributed by atoms with Gasteiger partial charge in [0.05, 0.1) is 26.4 Å². The highest BCUT2D eigenvalue weighted by atomic mass is 16.8. The normalized spacial score (nSPS) is 33.5. The second-order valence-corrected chi connectivity index (χ2v) is 10.9. The van der Waals surface area contributed by atoms with Crippen LogP contribution in [0.25, 0.3) is 0 Å². The van der Waals surface area contributed by atoms with Gasteiger partial charge in [-0.05, 0) is 0 Å². The molecule has 274 valence electrons. The van der Waals surface area contributed by atoms with E-state index in [1.807, 2.05) is 0 Å². The third-order valence-electron chi connectivity index (χ3n) is 8.40. The van der Waals surface area contributed by atoms with E-state index in [0.717, 1.165) is 0 Å². The first-order valence-electron chi connectivity index (χ1n) is 15.1. The molecule has 0 radical (unpaired) electrons. The van der Waals surface area contributed by atoms with Gasteiger partial charge in [-0.3, -0.25) is 0 Å². The molecule has 0 aromatic carbocycles. The van der Waals surface area contributed by atoms with E-state index in [9.17, 15) is 0 Å². The predicted octanol–water partition coefficient (Wildman–Crippen LogP) is -0.0878. The Hall–Kier alpha value is -0.640. The third kappa shape index (κ3) is 10.2. The Morgan fingerprint density at radius 2 is 1.02 bits per heavy atom. The molecule has 16 heteroatoms. The summed E-state index contributed by atoms with van der Waals surface area (Å²) in [6, 6.07) is 0. The average molecular weight is 675 g/mol. The van der Waals surface area contributed by atoms with Crippen molar-refractivity contribution in [2.45, 2.75) is 85.8 Å². The van der Waals surface area contributed by atoms with Gasteiger partial charge in [0.25, 0.3) is 0 Å². The monoisotopic (exact) mass is 674 g/mol. The van der Waals surface area contributed by atoms with Crippen molar-refractivity contribution in [1.29, 1.82) is 0 Å². The standard InChI is InChI=1S/C30H58O16/c1-31-13-17(35-5)21(38-8)23(18(36-6)14-32-2)44-29-28(42-12)26(22(39-9)20(43-29)16-34-4)46-30-27(41-11)25(40-10)24(45-30)19(37-7)15-33-3/h17-30H,13-16H2,1-12H3/t17-,18+,19-,20-,21+,22+,23-,24+,25+,26+,27-,28-,29-,30+/m1/s1. The summed E-state index contributed by atoms with van der Waals surface area (Å²) in [7, 11) is 18.8. The van der Waals surface area contributed by atoms with E-state index in [2.05, 4.69) is 0 Å². The Labute approximate surface area is 273 Å². The summed E-state index contributed by atoms with van der Waals surface area (Å²) in [5.41, 5.74) is 0. The molecule has 2 rings (SSSR count). The molecule has 2 fully saturated rings. The van der Waals surface area contributed by atoms with Crippen molar-refractivity contribution in [1.82, 2.24) is 0 Å². The first kappa shape index (κ1) is 41.5. The Balaban J connectivity index is 2.53. The molecule has 14 atom stereocenters. The minimum Gasteiger partial charge on any atom is -0.382 e. The van der Waals surface area contributed by atoms with Crippen molar-refractivity contribution in [3.8, 4) is 0 Å². The molecular formula is C30H58O16. The van der Waals surface area contributed by atoms with E-state index in [4.69, 9.17) is 75.8 Å². The zero-order valence-corrected chi connectivity index (χ0v) is 29.4. The fourth-order valence-corrected chi connectivity index (χ4v) is 6.12. The number of hydrogen-bond donors (Lipinski definition) is 0. The largest absolute Gasteiger partial charge is 0.382 e. The van der Waals surface area contributed by atoms with Crippen LogP contribution in [0, 0.1) is 0 Å². The lowest BCUT2D eigenvalue weighted by Gasteiger charge is -2.47. The topological polar surface area (TPSA) is 148 Å². The van der Waals surface area contributed by atoms with Crippen LogP contribution in [0.15, 0.2) is 0 Å². The van der Waals surface area contributed by atoms with Crippen molar-refractivity contribution in [3.05, 3.63) is 0 Å². The first-order valence-corrected chi connectivity index (χ1v) is 15.1. The molecule has 2 aliphatic heterocycles. The van der Waals surface area contributed by atoms with Gasteiger partial charge in [-0.2, -0.15) is 0 Å². The highest BCUT2D eigenvalue weighted by Gasteiger charge is 2.55. The summed E-state index contributed by atoms with van der Waals surface area (Å²) >= 11 is 0. The predicted molar refractivity (Wildman–Crippen MR) is 161 cm³/mol. The molecule has 0 unspecified atom stereocenters. The lowest BCUT2D eigenvalue weighted by molar-refractivity contribution is -0.356. The van der Waals surface area contributed by atoms with Crippen molar-refractivity contribution in [3.63, 3.8) is 0 Å². The van der Waals surface area contributed by atoms with Crippen molar-refractivity contribution >= 4 is 0 Å². The van der Waals surface area contributed by atoms with Crippen LogP contribution in [-0.4, -0.2) is 198 Å². The molecule has 16 nitrogen and oxygen atoms in total. The van der Waals surface area contributed by atoms with Crippen molar-refractivity contribution < 1.29 is 75.8 Å². The van der Waals surface area contributed by atoms with Crippen LogP contribution in [0.5, 0.6) is 0 Å². The molecule has 2 saturated heterocycles. The molecule has 2 aliphatic rings. The molecule has 0 saturated carbocycles. The van der Waals surface area contributed by atoms with Gasteiger partial charge in [0.15, 0.2) is 12.6 Å². The molecule has 0 spiro atoms. The molecule has 46 heavy (non-hydrogen) atoms. The first-order chi connectivity index (χ1) is 22.3. The lowest BCUT2D eigenvalue weighted by Crippen LogP contribution is -2.64. The van der Waals surface area contributed by atoms with Gasteiger partial charge in [0.1, 0.15) is 73.2 Å². The second kappa shape index (κ2) is 22.2. The smallest absolute Gasteiger partial charge is 0.187 e. The molecule has 2 heterocycles. The molecule has 0 N–H and O–H groups in total. The van der Waals surface area contributed by atoms with E-state index in [0.29, 0.717) is 0 Å². The maximum atomic E-state index is 6.71. The van der Waals surface area contributed by atoms with Crippen LogP contribution in [0.3, 0.4) is 0 Å². The van der Waals surface area contributed by atoms with Crippen LogP contribution >= 0.6 is 0 Å². The van der Waals surface area contributed by atoms with Crippen molar-refractivity contribution in [2.24, 2.45) is 0 Å². The van der Waals surface area contributed by atoms with Crippen molar-refractivity contribution in [2.75, 3.05) is 112 Å². The van der Waals surface area contributed by atoms with Gasteiger partial charge in [-0.25, -0.2) is 0 Å². The summed E-state index contributed by atoms with van der Waals surface area (Å²) in [4.78, 5) is 0. The molecular weight excluding hydrogens is 616 g/mol. The summed E-state index contributed by atoms with van der Waals surface area (Å²) < 4.78 is 94.7. The van der Waals surface area contributed by atoms with E-state index in [1.165, 1.54) is 7.11 Å². The van der Waals surface area contributed by atoms with E-state index < -0.39 is 85.8 Å². The van der Waals surface area contributed by atoms with Gasteiger partial charge in [0, 0.05) is 85.3 Å². The molecule has 0 amide bonds. The third-order valence-corrected chi connectivity index (χ3v) is 8.40. The number of methoxy groups -OCH3 is 12. The van der Waals surface area contributed by atoms with Gasteiger partial charge in [0.2, 0.25) is 0 Å². The van der Waals surface area contributed by atoms with Gasteiger partial charge < -0.3 is 75.8 Å². The highest BCUT2D eigenvalue weighted by Crippen LogP contribution is 2.36. The van der Waals surface area contributed by atoms with E-state index in [-0.39, 0.29) is 26.4 Å². The summed E-state index contributed by atoms with van der Waals surface area (Å²) in [6.45, 7) is 0.839. The summed E-state index contributed by atoms with van der Waals surface area (Å²) in [5.74, 6) is 0. The number of hydrogen-bond acceptors (Lipinski definition) is 16. The van der Waals surface area contributed by atoms with Crippen LogP contribution in [0.4, 0.5) is 0 Å². The van der Waals surface area contributed by atoms with Crippen LogP contribution < -0.4 is 0 Å². The summed E-state index contributed by atoms with van der Waals surface area (Å²) in [5, 5.41) is 0. The maximum absolute atomic E-state index is 6.71. The van der Waals surface area contributed by atoms with E-state index >= 15 is 0 Å². The molecule has 0 bridgehead atoms. The number of ether oxygens (including phenoxy) is 16. The Morgan fingerprint density at radius 3 is 1.48 bits per heavy atom. The molecule has 0 aliphatic carbocycles. The summed E-state index contributed by atoms with van der Waals surface area (Å²) in [6.07, 6.45) is -9.68. The fraction of sp³-hybridized carbons (Fsp3) is 1.00. The average Bonchev–Trinajstić information content (AvgIpc) is 3.42. The van der Waals surface area contributed by atoms with Gasteiger partial charge in [-0.1, -0.05) is 0 Å². The van der Waals surface area contributed by atoms with Crippen LogP contribution in [0.1, 0.15) is 0 Å². The molecule has 0 aromatic rings. The van der Waals surface area contributed by atoms with E-state index in [1.54, 1.807) is 78.2 Å². The number of rotatable bonds is 24. The SMILES string of the molecule is COC[C@H](OC)[C@@H](O[C@H]1O[C@H](COC)[C@H](OC)[C@H](O[C@@H]2O[C@@H]([C@@H](COC)OC)[C@H](OC)[C@H]2OC)[C@H]1OC)[C@@H](OC)[C@@H](COC)OC. The van der Waals surface area contributed by atoms with Crippen LogP contribution in [-0.2, 0) is 75.8 Å². The zero-order valence-electron chi connectivity index (χ0n) is 29.4. The van der Waals surface area contributed by atoms with Crippen LogP contribution in [0.2, 0.25) is 0 Å². The maximum Gasteiger partial charge on any atom is 0.187 e. The minimum atomic E-state index is -1.03. The minimum absolute atomic E-state index is 0.158. The van der Waals surface area contributed by atoms with Gasteiger partial charge in [-0.15, -0.1) is 0 Å². The fourth-order valence-electron chi connectivity index (χ4n) is 6.12. The molecule has 0 aromatic heterocycles. The Kier molecular flexibility index (Phi) is 20.0. The lowest BCUT2D eigenvalue weighted by atomic mass is 9.97. The Morgan fingerprint density at radius 1 is 0.478 bits per heavy atom. The van der Waals surface area contributed by atoms with Gasteiger partial charge >= 0.3 is 0 Å². The zero-order chi connectivity index (χ0) is 34.2. The quantitative estimate of drug-likeness (QED) is 0.134. The highest BCUT2D eigenvalue weighted by molar-refractivity contribution is 4.98. The second-order valence-electron chi connectivity index (χ2n) is 10.9. The Bertz CT molecular complexity index is 781.